The maximum absolute atomic E-state index is 10.9. The third-order valence-electron chi connectivity index (χ3n) is 1.67. The second kappa shape index (κ2) is 4.04. The molecule has 1 aromatic heterocycles. The average molecular weight is 196 g/mol. The summed E-state index contributed by atoms with van der Waals surface area (Å²) >= 11 is 0. The molecule has 0 bridgehead atoms. The molecule has 76 valence electrons. The normalized spacial score (nSPS) is 12.2. The molecule has 0 aromatic carbocycles. The summed E-state index contributed by atoms with van der Waals surface area (Å²) in [7, 11) is 0. The Kier molecular flexibility index (Phi) is 3.01. The SMILES string of the molecule is CC(=O)N[C@@H](C)c1nc(C(C)=O)co1. The van der Waals surface area contributed by atoms with Gasteiger partial charge in [0.1, 0.15) is 18.0 Å². The summed E-state index contributed by atoms with van der Waals surface area (Å²) in [5.74, 6) is 0.0144. The molecule has 0 aliphatic heterocycles. The van der Waals surface area contributed by atoms with Gasteiger partial charge in [0.2, 0.25) is 11.8 Å². The molecule has 0 saturated carbocycles. The molecule has 1 heterocycles. The van der Waals surface area contributed by atoms with Crippen LogP contribution >= 0.6 is 0 Å². The molecular formula is C9H12N2O3. The molecule has 1 N–H and O–H groups in total. The van der Waals surface area contributed by atoms with Crippen LogP contribution in [0.5, 0.6) is 0 Å². The summed E-state index contributed by atoms with van der Waals surface area (Å²) in [6.07, 6.45) is 1.29. The number of nitrogens with one attached hydrogen (secondary N) is 1. The van der Waals surface area contributed by atoms with Crippen LogP contribution < -0.4 is 5.32 Å². The molecule has 1 amide bonds. The monoisotopic (exact) mass is 196 g/mol. The van der Waals surface area contributed by atoms with Gasteiger partial charge in [0.25, 0.3) is 0 Å². The zero-order chi connectivity index (χ0) is 10.7. The number of Topliss-reactive ketones (excluding diaryl/α,β-unsaturated/α-hetero) is 1. The quantitative estimate of drug-likeness (QED) is 0.734. The molecule has 0 unspecified atom stereocenters. The van der Waals surface area contributed by atoms with Gasteiger partial charge in [-0.2, -0.15) is 0 Å². The highest BCUT2D eigenvalue weighted by Gasteiger charge is 2.14. The van der Waals surface area contributed by atoms with Crippen LogP contribution in [-0.2, 0) is 4.79 Å². The number of nitrogens with zero attached hydrogens (tertiary/aromatic N) is 1. The van der Waals surface area contributed by atoms with Gasteiger partial charge in [0.05, 0.1) is 0 Å². The van der Waals surface area contributed by atoms with Crippen LogP contribution in [0.25, 0.3) is 0 Å². The van der Waals surface area contributed by atoms with Gasteiger partial charge in [-0.05, 0) is 6.92 Å². The number of amides is 1. The molecule has 1 aromatic rings. The minimum Gasteiger partial charge on any atom is -0.446 e. The molecule has 5 heteroatoms. The lowest BCUT2D eigenvalue weighted by atomic mass is 10.3. The first-order chi connectivity index (χ1) is 6.50. The standard InChI is InChI=1S/C9H12N2O3/c1-5(10-7(3)13)9-11-8(4-14-9)6(2)12/h4-5H,1-3H3,(H,10,13)/t5-/m0/s1. The van der Waals surface area contributed by atoms with Crippen molar-refractivity contribution in [3.63, 3.8) is 0 Å². The van der Waals surface area contributed by atoms with Gasteiger partial charge >= 0.3 is 0 Å². The van der Waals surface area contributed by atoms with Crippen molar-refractivity contribution in [1.29, 1.82) is 0 Å². The molecule has 5 nitrogen and oxygen atoms in total. The molecule has 0 aliphatic carbocycles. The summed E-state index contributed by atoms with van der Waals surface area (Å²) in [5.41, 5.74) is 0.275. The maximum Gasteiger partial charge on any atom is 0.217 e. The van der Waals surface area contributed by atoms with E-state index in [2.05, 4.69) is 10.3 Å². The second-order valence-corrected chi connectivity index (χ2v) is 3.05. The highest BCUT2D eigenvalue weighted by molar-refractivity contribution is 5.91. The number of hydrogen-bond donors (Lipinski definition) is 1. The summed E-state index contributed by atoms with van der Waals surface area (Å²) in [5, 5.41) is 2.60. The summed E-state index contributed by atoms with van der Waals surface area (Å²) in [6, 6.07) is -0.319. The van der Waals surface area contributed by atoms with Crippen LogP contribution in [0.15, 0.2) is 10.7 Å². The lowest BCUT2D eigenvalue weighted by Gasteiger charge is -2.06. The number of carbonyl (C=O) groups excluding carboxylic acids is 2. The fourth-order valence-corrected chi connectivity index (χ4v) is 1.01. The Morgan fingerprint density at radius 3 is 2.57 bits per heavy atom. The van der Waals surface area contributed by atoms with Crippen molar-refractivity contribution < 1.29 is 14.0 Å². The van der Waals surface area contributed by atoms with E-state index in [9.17, 15) is 9.59 Å². The molecule has 0 spiro atoms. The Morgan fingerprint density at radius 1 is 1.50 bits per heavy atom. The van der Waals surface area contributed by atoms with Gasteiger partial charge in [-0.15, -0.1) is 0 Å². The Hall–Kier alpha value is -1.65. The van der Waals surface area contributed by atoms with Crippen LogP contribution in [0.4, 0.5) is 0 Å². The van der Waals surface area contributed by atoms with Crippen molar-refractivity contribution in [1.82, 2.24) is 10.3 Å². The minimum atomic E-state index is -0.319. The van der Waals surface area contributed by atoms with Crippen molar-refractivity contribution >= 4 is 11.7 Å². The number of oxazole rings is 1. The van der Waals surface area contributed by atoms with E-state index in [0.717, 1.165) is 0 Å². The first-order valence-electron chi connectivity index (χ1n) is 4.24. The average Bonchev–Trinajstić information content (AvgIpc) is 2.50. The highest BCUT2D eigenvalue weighted by Crippen LogP contribution is 2.11. The summed E-state index contributed by atoms with van der Waals surface area (Å²) in [4.78, 5) is 25.5. The van der Waals surface area contributed by atoms with E-state index in [-0.39, 0.29) is 23.4 Å². The molecule has 0 fully saturated rings. The number of carbonyl (C=O) groups is 2. The van der Waals surface area contributed by atoms with E-state index in [1.165, 1.54) is 20.1 Å². The number of rotatable bonds is 3. The largest absolute Gasteiger partial charge is 0.446 e. The molecule has 1 atom stereocenters. The van der Waals surface area contributed by atoms with Gasteiger partial charge in [-0.1, -0.05) is 0 Å². The topological polar surface area (TPSA) is 72.2 Å². The highest BCUT2D eigenvalue weighted by atomic mass is 16.3. The van der Waals surface area contributed by atoms with E-state index in [1.54, 1.807) is 6.92 Å². The van der Waals surface area contributed by atoms with Crippen LogP contribution in [0.2, 0.25) is 0 Å². The zero-order valence-corrected chi connectivity index (χ0v) is 8.33. The second-order valence-electron chi connectivity index (χ2n) is 3.05. The van der Waals surface area contributed by atoms with E-state index in [0.29, 0.717) is 5.89 Å². The van der Waals surface area contributed by atoms with E-state index in [4.69, 9.17) is 4.42 Å². The van der Waals surface area contributed by atoms with E-state index >= 15 is 0 Å². The van der Waals surface area contributed by atoms with Crippen molar-refractivity contribution in [3.8, 4) is 0 Å². The van der Waals surface area contributed by atoms with Crippen LogP contribution in [-0.4, -0.2) is 16.7 Å². The lowest BCUT2D eigenvalue weighted by Crippen LogP contribution is -2.23. The molecule has 0 saturated heterocycles. The van der Waals surface area contributed by atoms with Crippen molar-refractivity contribution in [2.24, 2.45) is 0 Å². The number of aromatic nitrogens is 1. The van der Waals surface area contributed by atoms with Crippen LogP contribution in [0, 0.1) is 0 Å². The summed E-state index contributed by atoms with van der Waals surface area (Å²) < 4.78 is 5.04. The third-order valence-corrected chi connectivity index (χ3v) is 1.67. The Morgan fingerprint density at radius 2 is 2.14 bits per heavy atom. The molecular weight excluding hydrogens is 184 g/mol. The fraction of sp³-hybridized carbons (Fsp3) is 0.444. The first kappa shape index (κ1) is 10.4. The Balaban J connectivity index is 2.76. The van der Waals surface area contributed by atoms with Gasteiger partial charge in [-0.25, -0.2) is 4.98 Å². The predicted molar refractivity (Wildman–Crippen MR) is 48.7 cm³/mol. The van der Waals surface area contributed by atoms with Gasteiger partial charge < -0.3 is 9.73 Å². The van der Waals surface area contributed by atoms with Crippen molar-refractivity contribution in [2.45, 2.75) is 26.8 Å². The number of ketones is 1. The first-order valence-corrected chi connectivity index (χ1v) is 4.24. The van der Waals surface area contributed by atoms with Crippen molar-refractivity contribution in [3.05, 3.63) is 17.8 Å². The number of hydrogen-bond acceptors (Lipinski definition) is 4. The molecule has 0 aliphatic rings. The van der Waals surface area contributed by atoms with Crippen LogP contribution in [0.1, 0.15) is 43.2 Å². The van der Waals surface area contributed by atoms with Crippen molar-refractivity contribution in [2.75, 3.05) is 0 Å². The summed E-state index contributed by atoms with van der Waals surface area (Å²) in [6.45, 7) is 4.55. The molecule has 14 heavy (non-hydrogen) atoms. The zero-order valence-electron chi connectivity index (χ0n) is 8.33. The van der Waals surface area contributed by atoms with Crippen LogP contribution in [0.3, 0.4) is 0 Å². The van der Waals surface area contributed by atoms with Gasteiger partial charge in [0.15, 0.2) is 5.78 Å². The van der Waals surface area contributed by atoms with E-state index < -0.39 is 0 Å². The lowest BCUT2D eigenvalue weighted by molar-refractivity contribution is -0.119. The molecule has 1 rings (SSSR count). The predicted octanol–water partition coefficient (Wildman–Crippen LogP) is 1.07. The third kappa shape index (κ3) is 2.42. The van der Waals surface area contributed by atoms with Gasteiger partial charge in [-0.3, -0.25) is 9.59 Å². The van der Waals surface area contributed by atoms with Gasteiger partial charge in [0, 0.05) is 13.8 Å². The smallest absolute Gasteiger partial charge is 0.217 e. The molecule has 0 radical (unpaired) electrons. The minimum absolute atomic E-state index is 0.157. The maximum atomic E-state index is 10.9. The fourth-order valence-electron chi connectivity index (χ4n) is 1.01. The Bertz CT molecular complexity index is 357. The van der Waals surface area contributed by atoms with E-state index in [1.807, 2.05) is 0 Å². The Labute approximate surface area is 81.5 Å².